The van der Waals surface area contributed by atoms with Gasteiger partial charge in [0.25, 0.3) is 0 Å². The number of benzene rings is 2. The first kappa shape index (κ1) is 18.4. The van der Waals surface area contributed by atoms with Crippen molar-refractivity contribution in [3.05, 3.63) is 65.9 Å². The third kappa shape index (κ3) is 4.32. The second-order valence-corrected chi connectivity index (χ2v) is 8.47. The second-order valence-electron chi connectivity index (χ2n) is 7.29. The molecule has 3 aromatic rings. The van der Waals surface area contributed by atoms with Crippen LogP contribution in [0.1, 0.15) is 24.0 Å². The van der Waals surface area contributed by atoms with Crippen LogP contribution in [0.15, 0.2) is 59.6 Å². The van der Waals surface area contributed by atoms with E-state index in [0.717, 1.165) is 12.8 Å². The van der Waals surface area contributed by atoms with E-state index >= 15 is 0 Å². The second kappa shape index (κ2) is 8.38. The lowest BCUT2D eigenvalue weighted by atomic mass is 10.0. The number of aromatic amines is 1. The maximum absolute atomic E-state index is 12.2. The van der Waals surface area contributed by atoms with Crippen molar-refractivity contribution in [3.8, 4) is 0 Å². The van der Waals surface area contributed by atoms with Gasteiger partial charge >= 0.3 is 0 Å². The van der Waals surface area contributed by atoms with E-state index in [2.05, 4.69) is 41.3 Å². The third-order valence-corrected chi connectivity index (χ3v) is 6.51. The van der Waals surface area contributed by atoms with Gasteiger partial charge in [-0.3, -0.25) is 4.18 Å². The Kier molecular flexibility index (Phi) is 5.72. The van der Waals surface area contributed by atoms with Crippen LogP contribution in [0, 0.1) is 0 Å². The predicted octanol–water partition coefficient (Wildman–Crippen LogP) is 4.09. The Bertz CT molecular complexity index is 922. The van der Waals surface area contributed by atoms with E-state index in [1.807, 2.05) is 30.3 Å². The fraction of sp³-hybridized carbons (Fsp3) is 0.364. The minimum absolute atomic E-state index is 0.443. The molecule has 5 heteroatoms. The zero-order valence-corrected chi connectivity index (χ0v) is 16.5. The van der Waals surface area contributed by atoms with Crippen LogP contribution in [0.4, 0.5) is 0 Å². The lowest BCUT2D eigenvalue weighted by Crippen LogP contribution is -2.26. The summed E-state index contributed by atoms with van der Waals surface area (Å²) in [6.07, 6.45) is 6.57. The number of likely N-dealkylation sites (N-methyl/N-ethyl adjacent to an activating group) is 1. The monoisotopic (exact) mass is 382 g/mol. The lowest BCUT2D eigenvalue weighted by molar-refractivity contribution is 0.310. The molecule has 142 valence electrons. The fourth-order valence-corrected chi connectivity index (χ4v) is 4.63. The molecule has 0 bridgehead atoms. The summed E-state index contributed by atoms with van der Waals surface area (Å²) in [6, 6.07) is 16.5. The van der Waals surface area contributed by atoms with Crippen molar-refractivity contribution in [2.45, 2.75) is 36.6 Å². The first-order valence-corrected chi connectivity index (χ1v) is 10.7. The number of nitrogens with one attached hydrogen (secondary N) is 1. The van der Waals surface area contributed by atoms with Crippen LogP contribution in [0.2, 0.25) is 0 Å². The van der Waals surface area contributed by atoms with Gasteiger partial charge in [-0.05, 0) is 74.7 Å². The first-order chi connectivity index (χ1) is 13.2. The van der Waals surface area contributed by atoms with Gasteiger partial charge in [0.1, 0.15) is 0 Å². The molecule has 2 atom stereocenters. The standard InChI is InChI=1S/C22H26N2O2S/c1-24-12-5-6-19(24)15-18-16-23-22-10-9-17(14-21(18)22)11-13-26-27(25)20-7-3-2-4-8-20/h2-4,7-10,14,16,19,23H,5-6,11-13,15H2,1H3/t19-,27?/m1/s1. The molecule has 1 aliphatic rings. The highest BCUT2D eigenvalue weighted by Gasteiger charge is 2.22. The van der Waals surface area contributed by atoms with Crippen molar-refractivity contribution < 1.29 is 8.39 Å². The predicted molar refractivity (Wildman–Crippen MR) is 110 cm³/mol. The number of hydrogen-bond acceptors (Lipinski definition) is 3. The smallest absolute Gasteiger partial charge is 0.189 e. The maximum Gasteiger partial charge on any atom is 0.189 e. The van der Waals surface area contributed by atoms with Crippen molar-refractivity contribution in [1.82, 2.24) is 9.88 Å². The number of fused-ring (bicyclic) bond motifs is 1. The van der Waals surface area contributed by atoms with Gasteiger partial charge in [-0.2, -0.15) is 0 Å². The number of nitrogens with zero attached hydrogens (tertiary/aromatic N) is 1. The summed E-state index contributed by atoms with van der Waals surface area (Å²) in [7, 11) is 2.22. The van der Waals surface area contributed by atoms with E-state index < -0.39 is 11.1 Å². The average molecular weight is 383 g/mol. The average Bonchev–Trinajstić information content (AvgIpc) is 3.29. The van der Waals surface area contributed by atoms with E-state index in [-0.39, 0.29) is 0 Å². The molecule has 4 rings (SSSR count). The van der Waals surface area contributed by atoms with E-state index in [1.54, 1.807) is 0 Å². The minimum Gasteiger partial charge on any atom is -0.361 e. The van der Waals surface area contributed by atoms with Gasteiger partial charge in [0.05, 0.1) is 11.5 Å². The van der Waals surface area contributed by atoms with Crippen LogP contribution in [0.5, 0.6) is 0 Å². The van der Waals surface area contributed by atoms with Crippen LogP contribution in [-0.4, -0.2) is 40.3 Å². The molecule has 1 fully saturated rings. The van der Waals surface area contributed by atoms with Crippen molar-refractivity contribution in [2.75, 3.05) is 20.2 Å². The summed E-state index contributed by atoms with van der Waals surface area (Å²) < 4.78 is 17.7. The molecular weight excluding hydrogens is 356 g/mol. The van der Waals surface area contributed by atoms with E-state index in [4.69, 9.17) is 4.18 Å². The van der Waals surface area contributed by atoms with Crippen LogP contribution in [0.25, 0.3) is 10.9 Å². The first-order valence-electron chi connectivity index (χ1n) is 9.60. The fourth-order valence-electron chi connectivity index (χ4n) is 3.88. The van der Waals surface area contributed by atoms with Gasteiger partial charge in [-0.1, -0.05) is 24.3 Å². The molecule has 1 N–H and O–H groups in total. The number of rotatable bonds is 7. The Morgan fingerprint density at radius 2 is 2.07 bits per heavy atom. The molecule has 1 unspecified atom stereocenters. The Labute approximate surface area is 163 Å². The van der Waals surface area contributed by atoms with Crippen molar-refractivity contribution in [3.63, 3.8) is 0 Å². The molecule has 0 aliphatic carbocycles. The largest absolute Gasteiger partial charge is 0.361 e. The summed E-state index contributed by atoms with van der Waals surface area (Å²) in [5.41, 5.74) is 3.79. The summed E-state index contributed by atoms with van der Waals surface area (Å²) in [5.74, 6) is 0. The maximum atomic E-state index is 12.2. The summed E-state index contributed by atoms with van der Waals surface area (Å²) in [6.45, 7) is 1.65. The van der Waals surface area contributed by atoms with E-state index in [0.29, 0.717) is 17.5 Å². The summed E-state index contributed by atoms with van der Waals surface area (Å²) in [4.78, 5) is 6.58. The Hall–Kier alpha value is -1.95. The van der Waals surface area contributed by atoms with E-state index in [9.17, 15) is 4.21 Å². The number of hydrogen-bond donors (Lipinski definition) is 1. The van der Waals surface area contributed by atoms with E-state index in [1.165, 1.54) is 41.4 Å². The SMILES string of the molecule is CN1CCC[C@@H]1Cc1c[nH]c2ccc(CCOS(=O)c3ccccc3)cc12. The molecule has 2 heterocycles. The number of H-pyrrole nitrogens is 1. The quantitative estimate of drug-likeness (QED) is 0.669. The lowest BCUT2D eigenvalue weighted by Gasteiger charge is -2.18. The van der Waals surface area contributed by atoms with Gasteiger partial charge in [0, 0.05) is 23.1 Å². The van der Waals surface area contributed by atoms with Crippen molar-refractivity contribution >= 4 is 22.0 Å². The number of likely N-dealkylation sites (tertiary alicyclic amines) is 1. The zero-order valence-electron chi connectivity index (χ0n) is 15.7. The molecule has 1 saturated heterocycles. The van der Waals surface area contributed by atoms with Gasteiger partial charge in [-0.25, -0.2) is 4.21 Å². The Morgan fingerprint density at radius 3 is 2.85 bits per heavy atom. The number of aromatic nitrogens is 1. The molecule has 1 aromatic heterocycles. The molecule has 0 amide bonds. The Morgan fingerprint density at radius 1 is 1.22 bits per heavy atom. The third-order valence-electron chi connectivity index (χ3n) is 5.48. The topological polar surface area (TPSA) is 45.3 Å². The molecule has 0 radical (unpaired) electrons. The molecule has 27 heavy (non-hydrogen) atoms. The van der Waals surface area contributed by atoms with Crippen LogP contribution in [-0.2, 0) is 28.1 Å². The Balaban J connectivity index is 1.40. The molecule has 0 saturated carbocycles. The zero-order chi connectivity index (χ0) is 18.6. The van der Waals surface area contributed by atoms with Gasteiger partial charge < -0.3 is 9.88 Å². The van der Waals surface area contributed by atoms with Gasteiger partial charge in [-0.15, -0.1) is 0 Å². The summed E-state index contributed by atoms with van der Waals surface area (Å²) in [5, 5.41) is 1.30. The van der Waals surface area contributed by atoms with Crippen LogP contribution in [0.3, 0.4) is 0 Å². The van der Waals surface area contributed by atoms with Crippen LogP contribution >= 0.6 is 0 Å². The molecule has 1 aliphatic heterocycles. The molecule has 2 aromatic carbocycles. The highest BCUT2D eigenvalue weighted by molar-refractivity contribution is 7.80. The summed E-state index contributed by atoms with van der Waals surface area (Å²) >= 11 is -1.40. The molecule has 0 spiro atoms. The normalized spacial score (nSPS) is 18.9. The van der Waals surface area contributed by atoms with Gasteiger partial charge in [0.2, 0.25) is 0 Å². The minimum atomic E-state index is -1.40. The highest BCUT2D eigenvalue weighted by atomic mass is 32.2. The van der Waals surface area contributed by atoms with Crippen molar-refractivity contribution in [1.29, 1.82) is 0 Å². The van der Waals surface area contributed by atoms with Gasteiger partial charge in [0.15, 0.2) is 11.1 Å². The van der Waals surface area contributed by atoms with Crippen LogP contribution < -0.4 is 0 Å². The molecular formula is C22H26N2O2S. The highest BCUT2D eigenvalue weighted by Crippen LogP contribution is 2.25. The van der Waals surface area contributed by atoms with Crippen molar-refractivity contribution in [2.24, 2.45) is 0 Å². The molecule has 4 nitrogen and oxygen atoms in total.